The van der Waals surface area contributed by atoms with Gasteiger partial charge in [-0.05, 0) is 57.4 Å². The van der Waals surface area contributed by atoms with Crippen molar-refractivity contribution in [1.82, 2.24) is 0 Å². The Hall–Kier alpha value is -2.18. The zero-order valence-corrected chi connectivity index (χ0v) is 23.8. The maximum atomic E-state index is 13.9. The number of hydrogen-bond donors (Lipinski definition) is 1. The van der Waals surface area contributed by atoms with E-state index < -0.39 is 10.3 Å². The monoisotopic (exact) mass is 501 g/mol. The summed E-state index contributed by atoms with van der Waals surface area (Å²) in [4.78, 5) is 13.9. The van der Waals surface area contributed by atoms with Crippen LogP contribution < -0.4 is 9.32 Å². The standard InChI is InChI=1S/C29H43NO4S/c1-16(2)21-13-24(18(5)6)26(25(14-21)19(7)8)15-27(31)23-12-11-22(17(3)4)29(28(23)20(9)10)34-35(30,32)33/h11-14,16-20H,15H2,1-10H3,(H2,30,32,33). The number of carbonyl (C=O) groups is 1. The molecule has 2 rings (SSSR count). The quantitative estimate of drug-likeness (QED) is 0.346. The Morgan fingerprint density at radius 3 is 1.63 bits per heavy atom. The van der Waals surface area contributed by atoms with Crippen LogP contribution in [0.15, 0.2) is 24.3 Å². The zero-order valence-electron chi connectivity index (χ0n) is 23.0. The largest absolute Gasteiger partial charge is 0.380 e. The SMILES string of the molecule is CC(C)c1cc(C(C)C)c(CC(=O)c2ccc(C(C)C)c(OS(N)(=O)=O)c2C(C)C)c(C(C)C)c1. The Morgan fingerprint density at radius 1 is 0.771 bits per heavy atom. The highest BCUT2D eigenvalue weighted by Crippen LogP contribution is 2.39. The minimum absolute atomic E-state index is 0.00272. The van der Waals surface area contributed by atoms with Gasteiger partial charge in [0.2, 0.25) is 0 Å². The second-order valence-corrected chi connectivity index (χ2v) is 12.2. The van der Waals surface area contributed by atoms with Crippen LogP contribution >= 0.6 is 0 Å². The van der Waals surface area contributed by atoms with E-state index in [1.807, 2.05) is 33.8 Å². The third kappa shape index (κ3) is 6.95. The van der Waals surface area contributed by atoms with Crippen molar-refractivity contribution < 1.29 is 17.4 Å². The number of Topliss-reactive ketones (excluding diaryl/α,β-unsaturated/α-hetero) is 1. The Bertz CT molecular complexity index is 1150. The molecule has 6 heteroatoms. The molecule has 0 aliphatic carbocycles. The van der Waals surface area contributed by atoms with Crippen LogP contribution in [0.3, 0.4) is 0 Å². The number of nitrogens with two attached hydrogens (primary N) is 1. The summed E-state index contributed by atoms with van der Waals surface area (Å²) in [5.74, 6) is 0.921. The summed E-state index contributed by atoms with van der Waals surface area (Å²) in [5, 5.41) is 5.27. The molecule has 2 N–H and O–H groups in total. The van der Waals surface area contributed by atoms with Crippen LogP contribution in [0.4, 0.5) is 0 Å². The van der Waals surface area contributed by atoms with Crippen molar-refractivity contribution in [1.29, 1.82) is 0 Å². The zero-order chi connectivity index (χ0) is 26.8. The summed E-state index contributed by atoms with van der Waals surface area (Å²) in [6.07, 6.45) is 0.245. The van der Waals surface area contributed by atoms with Crippen LogP contribution in [0.2, 0.25) is 0 Å². The number of ketones is 1. The molecule has 0 amide bonds. The highest BCUT2D eigenvalue weighted by Gasteiger charge is 2.27. The van der Waals surface area contributed by atoms with Gasteiger partial charge < -0.3 is 4.18 Å². The van der Waals surface area contributed by atoms with E-state index in [2.05, 4.69) is 53.7 Å². The van der Waals surface area contributed by atoms with Gasteiger partial charge >= 0.3 is 10.3 Å². The van der Waals surface area contributed by atoms with E-state index in [4.69, 9.17) is 9.32 Å². The Kier molecular flexibility index (Phi) is 9.34. The van der Waals surface area contributed by atoms with Gasteiger partial charge in [0.25, 0.3) is 0 Å². The fourth-order valence-electron chi connectivity index (χ4n) is 4.66. The van der Waals surface area contributed by atoms with Crippen molar-refractivity contribution in [2.24, 2.45) is 5.14 Å². The van der Waals surface area contributed by atoms with Crippen LogP contribution in [0.1, 0.15) is 143 Å². The number of rotatable bonds is 10. The van der Waals surface area contributed by atoms with E-state index in [0.717, 1.165) is 5.56 Å². The predicted octanol–water partition coefficient (Wildman–Crippen LogP) is 7.31. The highest BCUT2D eigenvalue weighted by molar-refractivity contribution is 7.84. The number of carbonyl (C=O) groups excluding carboxylic acids is 1. The Labute approximate surface area is 212 Å². The molecule has 0 saturated heterocycles. The van der Waals surface area contributed by atoms with Gasteiger partial charge in [0.05, 0.1) is 0 Å². The predicted molar refractivity (Wildman–Crippen MR) is 145 cm³/mol. The Balaban J connectivity index is 2.75. The van der Waals surface area contributed by atoms with E-state index >= 15 is 0 Å². The molecule has 0 aromatic heterocycles. The molecule has 0 heterocycles. The van der Waals surface area contributed by atoms with Crippen molar-refractivity contribution in [3.05, 3.63) is 63.2 Å². The van der Waals surface area contributed by atoms with Crippen molar-refractivity contribution in [2.75, 3.05) is 0 Å². The minimum Gasteiger partial charge on any atom is -0.370 e. The van der Waals surface area contributed by atoms with Gasteiger partial charge in [0.15, 0.2) is 11.5 Å². The Morgan fingerprint density at radius 2 is 1.26 bits per heavy atom. The van der Waals surface area contributed by atoms with E-state index in [9.17, 15) is 13.2 Å². The van der Waals surface area contributed by atoms with Crippen molar-refractivity contribution in [2.45, 2.75) is 105 Å². The molecule has 0 fully saturated rings. The van der Waals surface area contributed by atoms with E-state index in [0.29, 0.717) is 22.6 Å². The molecular formula is C29H43NO4S. The normalized spacial score (nSPS) is 12.5. The molecule has 0 spiro atoms. The maximum Gasteiger partial charge on any atom is 0.380 e. The molecule has 5 nitrogen and oxygen atoms in total. The molecule has 0 atom stereocenters. The summed E-state index contributed by atoms with van der Waals surface area (Å²) in [6, 6.07) is 8.09. The second kappa shape index (κ2) is 11.3. The van der Waals surface area contributed by atoms with Crippen molar-refractivity contribution in [3.8, 4) is 5.75 Å². The molecule has 0 unspecified atom stereocenters. The summed E-state index contributed by atoms with van der Waals surface area (Å²) in [5.41, 5.74) is 6.53. The lowest BCUT2D eigenvalue weighted by molar-refractivity contribution is 0.0990. The van der Waals surface area contributed by atoms with Crippen molar-refractivity contribution in [3.63, 3.8) is 0 Å². The average molecular weight is 502 g/mol. The maximum absolute atomic E-state index is 13.9. The summed E-state index contributed by atoms with van der Waals surface area (Å²) >= 11 is 0. The van der Waals surface area contributed by atoms with E-state index in [-0.39, 0.29) is 41.6 Å². The third-order valence-electron chi connectivity index (χ3n) is 6.52. The molecule has 194 valence electrons. The van der Waals surface area contributed by atoms with Crippen molar-refractivity contribution >= 4 is 16.1 Å². The molecule has 0 bridgehead atoms. The first kappa shape index (κ1) is 29.1. The molecule has 0 radical (unpaired) electrons. The van der Waals surface area contributed by atoms with E-state index in [1.165, 1.54) is 16.7 Å². The fourth-order valence-corrected chi connectivity index (χ4v) is 5.08. The first-order valence-electron chi connectivity index (χ1n) is 12.6. The molecule has 2 aromatic rings. The lowest BCUT2D eigenvalue weighted by Crippen LogP contribution is -2.22. The topological polar surface area (TPSA) is 86.5 Å². The molecular weight excluding hydrogens is 458 g/mol. The first-order valence-corrected chi connectivity index (χ1v) is 14.1. The molecule has 0 aliphatic heterocycles. The first-order chi connectivity index (χ1) is 16.0. The van der Waals surface area contributed by atoms with Crippen LogP contribution in [-0.4, -0.2) is 14.2 Å². The summed E-state index contributed by atoms with van der Waals surface area (Å²) < 4.78 is 29.1. The van der Waals surface area contributed by atoms with Gasteiger partial charge in [0, 0.05) is 17.5 Å². The van der Waals surface area contributed by atoms with Crippen LogP contribution in [0, 0.1) is 0 Å². The molecule has 2 aromatic carbocycles. The second-order valence-electron chi connectivity index (χ2n) is 11.1. The molecule has 0 saturated carbocycles. The third-order valence-corrected chi connectivity index (χ3v) is 6.91. The van der Waals surface area contributed by atoms with Gasteiger partial charge in [-0.1, -0.05) is 93.5 Å². The van der Waals surface area contributed by atoms with Gasteiger partial charge in [-0.25, -0.2) is 0 Å². The van der Waals surface area contributed by atoms with Gasteiger partial charge in [-0.2, -0.15) is 13.6 Å². The number of hydrogen-bond acceptors (Lipinski definition) is 4. The van der Waals surface area contributed by atoms with Crippen LogP contribution in [-0.2, 0) is 16.7 Å². The summed E-state index contributed by atoms with van der Waals surface area (Å²) in [7, 11) is -4.25. The molecule has 0 aliphatic rings. The smallest absolute Gasteiger partial charge is 0.370 e. The fraction of sp³-hybridized carbons (Fsp3) is 0.552. The average Bonchev–Trinajstić information content (AvgIpc) is 2.71. The highest BCUT2D eigenvalue weighted by atomic mass is 32.2. The van der Waals surface area contributed by atoms with Gasteiger partial charge in [-0.3, -0.25) is 4.79 Å². The van der Waals surface area contributed by atoms with Crippen LogP contribution in [0.5, 0.6) is 5.75 Å². The van der Waals surface area contributed by atoms with Gasteiger partial charge in [0.1, 0.15) is 0 Å². The lowest BCUT2D eigenvalue weighted by atomic mass is 9.81. The van der Waals surface area contributed by atoms with E-state index in [1.54, 1.807) is 6.07 Å². The number of benzene rings is 2. The minimum atomic E-state index is -4.25. The van der Waals surface area contributed by atoms with Crippen LogP contribution in [0.25, 0.3) is 0 Å². The summed E-state index contributed by atoms with van der Waals surface area (Å²) in [6.45, 7) is 20.8. The lowest BCUT2D eigenvalue weighted by Gasteiger charge is -2.24. The van der Waals surface area contributed by atoms with Gasteiger partial charge in [-0.15, -0.1) is 0 Å². The molecule has 35 heavy (non-hydrogen) atoms.